The quantitative estimate of drug-likeness (QED) is 0.844. The molecule has 2 rings (SSSR count). The summed E-state index contributed by atoms with van der Waals surface area (Å²) in [7, 11) is 0. The Labute approximate surface area is 100 Å². The highest BCUT2D eigenvalue weighted by atomic mass is 32.2. The molecule has 86 valence electrons. The summed E-state index contributed by atoms with van der Waals surface area (Å²) in [6.07, 6.45) is 1.44. The Morgan fingerprint density at radius 3 is 3.18 bits per heavy atom. The second-order valence-corrected chi connectivity index (χ2v) is 3.98. The lowest BCUT2D eigenvalue weighted by Crippen LogP contribution is -2.16. The molecule has 0 saturated heterocycles. The van der Waals surface area contributed by atoms with Crippen molar-refractivity contribution in [3.63, 3.8) is 0 Å². The Balaban J connectivity index is 2.38. The minimum Gasteiger partial charge on any atom is -0.270 e. The average Bonchev–Trinajstić information content (AvgIpc) is 2.70. The van der Waals surface area contributed by atoms with Crippen molar-refractivity contribution in [1.82, 2.24) is 25.0 Å². The zero-order chi connectivity index (χ0) is 12.3. The van der Waals surface area contributed by atoms with Crippen LogP contribution >= 0.6 is 11.8 Å². The maximum absolute atomic E-state index is 11.3. The number of H-pyrrole nitrogens is 1. The first-order valence-electron chi connectivity index (χ1n) is 4.81. The molecule has 0 aliphatic rings. The number of nitrogens with zero attached hydrogens (tertiary/aromatic N) is 5. The Hall–Kier alpha value is -2.14. The van der Waals surface area contributed by atoms with E-state index in [1.54, 1.807) is 6.07 Å². The summed E-state index contributed by atoms with van der Waals surface area (Å²) in [5.74, 6) is 0. The van der Waals surface area contributed by atoms with E-state index in [0.717, 1.165) is 11.8 Å². The highest BCUT2D eigenvalue weighted by Crippen LogP contribution is 2.24. The van der Waals surface area contributed by atoms with Crippen LogP contribution < -0.4 is 5.69 Å². The molecule has 0 spiro atoms. The molecule has 17 heavy (non-hydrogen) atoms. The van der Waals surface area contributed by atoms with Gasteiger partial charge in [0.25, 0.3) is 0 Å². The van der Waals surface area contributed by atoms with Gasteiger partial charge in [-0.1, -0.05) is 0 Å². The maximum Gasteiger partial charge on any atom is 0.343 e. The van der Waals surface area contributed by atoms with Gasteiger partial charge in [0, 0.05) is 6.54 Å². The van der Waals surface area contributed by atoms with Gasteiger partial charge in [-0.25, -0.2) is 9.89 Å². The molecular weight excluding hydrogens is 240 g/mol. The molecule has 0 amide bonds. The van der Waals surface area contributed by atoms with Crippen molar-refractivity contribution in [2.24, 2.45) is 0 Å². The van der Waals surface area contributed by atoms with Gasteiger partial charge in [0.2, 0.25) is 0 Å². The lowest BCUT2D eigenvalue weighted by atomic mass is 10.3. The van der Waals surface area contributed by atoms with Gasteiger partial charge in [-0.3, -0.25) is 4.57 Å². The largest absolute Gasteiger partial charge is 0.343 e. The van der Waals surface area contributed by atoms with Crippen LogP contribution in [0.25, 0.3) is 0 Å². The number of aromatic amines is 1. The van der Waals surface area contributed by atoms with Gasteiger partial charge in [-0.15, -0.1) is 10.2 Å². The number of hydrogen-bond acceptors (Lipinski definition) is 6. The summed E-state index contributed by atoms with van der Waals surface area (Å²) < 4.78 is 1.46. The lowest BCUT2D eigenvalue weighted by Gasteiger charge is -2.01. The van der Waals surface area contributed by atoms with Crippen molar-refractivity contribution in [3.8, 4) is 6.07 Å². The smallest absolute Gasteiger partial charge is 0.270 e. The first kappa shape index (κ1) is 11.3. The normalized spacial score (nSPS) is 10.1. The Morgan fingerprint density at radius 1 is 1.65 bits per heavy atom. The molecule has 0 unspecified atom stereocenters. The van der Waals surface area contributed by atoms with Crippen LogP contribution in [-0.2, 0) is 6.54 Å². The van der Waals surface area contributed by atoms with Gasteiger partial charge in [0.15, 0.2) is 5.16 Å². The number of hydrogen-bond donors (Lipinski definition) is 1. The van der Waals surface area contributed by atoms with E-state index in [0.29, 0.717) is 22.3 Å². The molecule has 0 bridgehead atoms. The number of aromatic nitrogens is 5. The number of rotatable bonds is 3. The molecule has 0 radical (unpaired) electrons. The maximum atomic E-state index is 11.3. The standard InChI is InChI=1S/C9H8N6OS/c1-2-15-8(16)13-14-9(15)17-7-6(5-10)3-4-11-12-7/h3-4H,2H2,1H3,(H,13,16). The van der Waals surface area contributed by atoms with Crippen molar-refractivity contribution in [1.29, 1.82) is 5.26 Å². The van der Waals surface area contributed by atoms with Crippen LogP contribution in [0.15, 0.2) is 27.2 Å². The Kier molecular flexibility index (Phi) is 3.20. The highest BCUT2D eigenvalue weighted by Gasteiger charge is 2.12. The molecule has 2 heterocycles. The van der Waals surface area contributed by atoms with Crippen molar-refractivity contribution < 1.29 is 0 Å². The van der Waals surface area contributed by atoms with Crippen LogP contribution in [0, 0.1) is 11.3 Å². The Morgan fingerprint density at radius 2 is 2.47 bits per heavy atom. The molecular formula is C9H8N6OS. The van der Waals surface area contributed by atoms with Gasteiger partial charge in [-0.2, -0.15) is 10.4 Å². The second-order valence-electron chi connectivity index (χ2n) is 3.02. The predicted octanol–water partition coefficient (Wildman–Crippen LogP) is 0.404. The van der Waals surface area contributed by atoms with E-state index < -0.39 is 0 Å². The number of nitrogens with one attached hydrogen (secondary N) is 1. The third-order valence-electron chi connectivity index (χ3n) is 2.03. The van der Waals surface area contributed by atoms with Gasteiger partial charge in [0.05, 0.1) is 11.8 Å². The molecule has 0 atom stereocenters. The summed E-state index contributed by atoms with van der Waals surface area (Å²) in [6, 6.07) is 3.58. The molecule has 0 fully saturated rings. The highest BCUT2D eigenvalue weighted by molar-refractivity contribution is 7.99. The van der Waals surface area contributed by atoms with Crippen molar-refractivity contribution in [2.45, 2.75) is 23.7 Å². The van der Waals surface area contributed by atoms with E-state index >= 15 is 0 Å². The molecule has 0 saturated carbocycles. The fourth-order valence-corrected chi connectivity index (χ4v) is 2.12. The second kappa shape index (κ2) is 4.80. The molecule has 2 aromatic heterocycles. The van der Waals surface area contributed by atoms with Crippen LogP contribution in [0.3, 0.4) is 0 Å². The van der Waals surface area contributed by atoms with E-state index in [9.17, 15) is 4.79 Å². The average molecular weight is 248 g/mol. The van der Waals surface area contributed by atoms with E-state index in [1.807, 2.05) is 13.0 Å². The van der Waals surface area contributed by atoms with Crippen molar-refractivity contribution in [3.05, 3.63) is 28.3 Å². The molecule has 0 aliphatic heterocycles. The first-order chi connectivity index (χ1) is 8.26. The van der Waals surface area contributed by atoms with Crippen LogP contribution in [0.1, 0.15) is 12.5 Å². The molecule has 1 N–H and O–H groups in total. The molecule has 8 heteroatoms. The van der Waals surface area contributed by atoms with Gasteiger partial charge >= 0.3 is 5.69 Å². The van der Waals surface area contributed by atoms with Crippen LogP contribution in [0.2, 0.25) is 0 Å². The van der Waals surface area contributed by atoms with Gasteiger partial charge in [-0.05, 0) is 24.8 Å². The van der Waals surface area contributed by atoms with Gasteiger partial charge < -0.3 is 0 Å². The summed E-state index contributed by atoms with van der Waals surface area (Å²) in [5, 5.41) is 23.6. The fraction of sp³-hybridized carbons (Fsp3) is 0.222. The van der Waals surface area contributed by atoms with Crippen molar-refractivity contribution in [2.75, 3.05) is 0 Å². The van der Waals surface area contributed by atoms with Gasteiger partial charge in [0.1, 0.15) is 11.1 Å². The molecule has 0 aliphatic carbocycles. The first-order valence-corrected chi connectivity index (χ1v) is 5.62. The third kappa shape index (κ3) is 2.19. The molecule has 7 nitrogen and oxygen atoms in total. The van der Waals surface area contributed by atoms with E-state index in [4.69, 9.17) is 5.26 Å². The van der Waals surface area contributed by atoms with Crippen LogP contribution in [0.5, 0.6) is 0 Å². The minimum atomic E-state index is -0.280. The summed E-state index contributed by atoms with van der Waals surface area (Å²) in [4.78, 5) is 11.3. The zero-order valence-corrected chi connectivity index (χ0v) is 9.73. The zero-order valence-electron chi connectivity index (χ0n) is 8.91. The van der Waals surface area contributed by atoms with Crippen molar-refractivity contribution >= 4 is 11.8 Å². The monoisotopic (exact) mass is 248 g/mol. The predicted molar refractivity (Wildman–Crippen MR) is 59.4 cm³/mol. The minimum absolute atomic E-state index is 0.280. The number of nitriles is 1. The van der Waals surface area contributed by atoms with E-state index in [1.165, 1.54) is 10.8 Å². The van der Waals surface area contributed by atoms with E-state index in [-0.39, 0.29) is 5.69 Å². The third-order valence-corrected chi connectivity index (χ3v) is 3.02. The van der Waals surface area contributed by atoms with Crippen LogP contribution in [0.4, 0.5) is 0 Å². The topological polar surface area (TPSA) is 100 Å². The molecule has 0 aromatic carbocycles. The fourth-order valence-electron chi connectivity index (χ4n) is 1.23. The lowest BCUT2D eigenvalue weighted by molar-refractivity contribution is 0.659. The molecule has 2 aromatic rings. The SMILES string of the molecule is CCn1c(Sc2nnccc2C#N)n[nH]c1=O. The van der Waals surface area contributed by atoms with E-state index in [2.05, 4.69) is 20.4 Å². The summed E-state index contributed by atoms with van der Waals surface area (Å²) >= 11 is 1.14. The Bertz CT molecular complexity index is 625. The van der Waals surface area contributed by atoms with Crippen LogP contribution in [-0.4, -0.2) is 25.0 Å². The summed E-state index contributed by atoms with van der Waals surface area (Å²) in [5.41, 5.74) is 0.125. The summed E-state index contributed by atoms with van der Waals surface area (Å²) in [6.45, 7) is 2.34.